The Kier molecular flexibility index (Phi) is 7.24. The van der Waals surface area contributed by atoms with Crippen molar-refractivity contribution in [3.63, 3.8) is 0 Å². The number of amides is 1. The van der Waals surface area contributed by atoms with E-state index in [0.717, 1.165) is 24.1 Å². The minimum Gasteiger partial charge on any atom is -0.323 e. The summed E-state index contributed by atoms with van der Waals surface area (Å²) in [6, 6.07) is 13.8. The third-order valence-electron chi connectivity index (χ3n) is 5.31. The van der Waals surface area contributed by atoms with Gasteiger partial charge >= 0.3 is 0 Å². The number of nitrogens with one attached hydrogen (secondary N) is 2. The molecule has 2 aromatic rings. The Bertz CT molecular complexity index is 1020. The lowest BCUT2D eigenvalue weighted by molar-refractivity contribution is 0.0954. The van der Waals surface area contributed by atoms with E-state index in [1.807, 2.05) is 44.1 Å². The van der Waals surface area contributed by atoms with Crippen molar-refractivity contribution in [2.45, 2.75) is 31.2 Å². The lowest BCUT2D eigenvalue weighted by atomic mass is 10.0. The first-order valence-electron chi connectivity index (χ1n) is 10.8. The van der Waals surface area contributed by atoms with Gasteiger partial charge < -0.3 is 10.2 Å². The van der Waals surface area contributed by atoms with Gasteiger partial charge in [0.05, 0.1) is 11.3 Å². The average Bonchev–Trinajstić information content (AvgIpc) is 3.37. The molecule has 0 spiro atoms. The van der Waals surface area contributed by atoms with Crippen LogP contribution in [0.4, 0.5) is 0 Å². The second kappa shape index (κ2) is 10.5. The topological polar surface area (TPSA) is 72.9 Å². The first kappa shape index (κ1) is 22.1. The number of rotatable bonds is 4. The number of fused-ring (bicyclic) bond motifs is 2. The first-order valence-corrected chi connectivity index (χ1v) is 11.7. The summed E-state index contributed by atoms with van der Waals surface area (Å²) < 4.78 is 0. The molecule has 2 N–H and O–H groups in total. The number of hydrazone groups is 1. The van der Waals surface area contributed by atoms with E-state index in [4.69, 9.17) is 0 Å². The lowest BCUT2D eigenvalue weighted by Crippen LogP contribution is -2.33. The fourth-order valence-electron chi connectivity index (χ4n) is 3.89. The molecule has 1 unspecified atom stereocenters. The summed E-state index contributed by atoms with van der Waals surface area (Å²) in [5.41, 5.74) is 6.88. The molecule has 32 heavy (non-hydrogen) atoms. The van der Waals surface area contributed by atoms with Crippen LogP contribution in [0.5, 0.6) is 0 Å². The van der Waals surface area contributed by atoms with Gasteiger partial charge in [0.1, 0.15) is 6.34 Å². The van der Waals surface area contributed by atoms with Crippen LogP contribution in [0.3, 0.4) is 0 Å². The third-order valence-corrected chi connectivity index (χ3v) is 6.69. The molecule has 3 aliphatic rings. The molecule has 0 bridgehead atoms. The Morgan fingerprint density at radius 1 is 1.16 bits per heavy atom. The number of carbonyl (C=O) groups is 1. The van der Waals surface area contributed by atoms with Crippen LogP contribution >= 0.6 is 11.8 Å². The molecule has 3 heterocycles. The summed E-state index contributed by atoms with van der Waals surface area (Å²) >= 11 is 1.89. The van der Waals surface area contributed by atoms with Crippen molar-refractivity contribution in [3.05, 3.63) is 82.8 Å². The van der Waals surface area contributed by atoms with Gasteiger partial charge in [-0.3, -0.25) is 14.7 Å². The van der Waals surface area contributed by atoms with E-state index in [9.17, 15) is 4.79 Å². The van der Waals surface area contributed by atoms with Crippen molar-refractivity contribution in [2.24, 2.45) is 5.10 Å². The van der Waals surface area contributed by atoms with Crippen LogP contribution in [0, 0.1) is 0 Å². The quantitative estimate of drug-likeness (QED) is 0.418. The molecule has 1 amide bonds. The normalized spacial score (nSPS) is 19.3. The fraction of sp³-hybridized carbons (Fsp3) is 0.292. The van der Waals surface area contributed by atoms with Crippen molar-refractivity contribution in [1.29, 1.82) is 0 Å². The maximum absolute atomic E-state index is 12.3. The van der Waals surface area contributed by atoms with Crippen molar-refractivity contribution in [2.75, 3.05) is 14.1 Å². The molecule has 0 fully saturated rings. The number of hydrogen-bond acceptors (Lipinski definition) is 6. The van der Waals surface area contributed by atoms with Crippen LogP contribution in [0.2, 0.25) is 0 Å². The summed E-state index contributed by atoms with van der Waals surface area (Å²) in [6.45, 7) is 0. The van der Waals surface area contributed by atoms with Crippen LogP contribution in [0.1, 0.15) is 41.6 Å². The number of aromatic nitrogens is 1. The molecular formula is C24H28N6OS. The number of allylic oxidation sites excluding steroid dienone is 2. The van der Waals surface area contributed by atoms with Crippen LogP contribution < -0.4 is 10.7 Å². The summed E-state index contributed by atoms with van der Waals surface area (Å²) in [5, 5.41) is 7.01. The Morgan fingerprint density at radius 2 is 1.94 bits per heavy atom. The van der Waals surface area contributed by atoms with E-state index < -0.39 is 0 Å². The molecule has 1 aromatic heterocycles. The van der Waals surface area contributed by atoms with E-state index in [2.05, 4.69) is 49.0 Å². The fourth-order valence-corrected chi connectivity index (χ4v) is 5.34. The van der Waals surface area contributed by atoms with Gasteiger partial charge in [-0.25, -0.2) is 5.43 Å². The molecule has 7 nitrogen and oxygen atoms in total. The van der Waals surface area contributed by atoms with E-state index in [0.29, 0.717) is 5.56 Å². The summed E-state index contributed by atoms with van der Waals surface area (Å²) in [5.74, 6) is -0.271. The summed E-state index contributed by atoms with van der Waals surface area (Å²) in [6.07, 6.45) is 11.9. The molecular weight excluding hydrogens is 420 g/mol. The maximum Gasteiger partial charge on any atom is 0.272 e. The highest BCUT2D eigenvalue weighted by atomic mass is 32.2. The minimum atomic E-state index is -0.271. The zero-order valence-electron chi connectivity index (χ0n) is 18.4. The Balaban J connectivity index is 0.000000775. The number of hydrogen-bond donors (Lipinski definition) is 2. The van der Waals surface area contributed by atoms with Crippen molar-refractivity contribution >= 4 is 29.7 Å². The van der Waals surface area contributed by atoms with E-state index in [-0.39, 0.29) is 11.4 Å². The SMILES string of the molecule is CNC.O=C(NN=CN1C(c2ccccc2)=CN2C3=C(CCCC3)SC12)c1cccnc1. The predicted molar refractivity (Wildman–Crippen MR) is 130 cm³/mol. The summed E-state index contributed by atoms with van der Waals surface area (Å²) in [7, 11) is 3.75. The van der Waals surface area contributed by atoms with Gasteiger partial charge in [0.2, 0.25) is 0 Å². The molecule has 8 heteroatoms. The van der Waals surface area contributed by atoms with Gasteiger partial charge in [-0.15, -0.1) is 0 Å². The highest BCUT2D eigenvalue weighted by Gasteiger charge is 2.41. The number of carbonyl (C=O) groups excluding carboxylic acids is 1. The van der Waals surface area contributed by atoms with Crippen LogP contribution in [-0.2, 0) is 0 Å². The first-order chi connectivity index (χ1) is 15.7. The Morgan fingerprint density at radius 3 is 2.69 bits per heavy atom. The van der Waals surface area contributed by atoms with Gasteiger partial charge in [-0.05, 0) is 57.5 Å². The van der Waals surface area contributed by atoms with Gasteiger partial charge in [-0.1, -0.05) is 42.1 Å². The number of benzene rings is 1. The Labute approximate surface area is 193 Å². The van der Waals surface area contributed by atoms with E-state index in [1.165, 1.54) is 29.6 Å². The molecule has 0 saturated heterocycles. The highest BCUT2D eigenvalue weighted by molar-refractivity contribution is 8.03. The molecule has 1 atom stereocenters. The van der Waals surface area contributed by atoms with Crippen LogP contribution in [0.25, 0.3) is 5.70 Å². The molecule has 5 rings (SSSR count). The zero-order valence-corrected chi connectivity index (χ0v) is 19.2. The second-order valence-electron chi connectivity index (χ2n) is 7.64. The minimum absolute atomic E-state index is 0.118. The molecule has 1 aromatic carbocycles. The second-order valence-corrected chi connectivity index (χ2v) is 8.79. The predicted octanol–water partition coefficient (Wildman–Crippen LogP) is 4.02. The average molecular weight is 449 g/mol. The Hall–Kier alpha value is -3.10. The van der Waals surface area contributed by atoms with E-state index in [1.54, 1.807) is 24.7 Å². The van der Waals surface area contributed by atoms with Crippen molar-refractivity contribution in [3.8, 4) is 0 Å². The molecule has 166 valence electrons. The third kappa shape index (κ3) is 4.71. The number of nitrogens with zero attached hydrogens (tertiary/aromatic N) is 4. The van der Waals surface area contributed by atoms with Gasteiger partial charge in [0.15, 0.2) is 5.50 Å². The van der Waals surface area contributed by atoms with Gasteiger partial charge in [0, 0.05) is 29.2 Å². The molecule has 0 radical (unpaired) electrons. The molecule has 0 saturated carbocycles. The van der Waals surface area contributed by atoms with Crippen molar-refractivity contribution < 1.29 is 4.79 Å². The van der Waals surface area contributed by atoms with Crippen LogP contribution in [0.15, 0.2) is 76.8 Å². The number of thioether (sulfide) groups is 1. The van der Waals surface area contributed by atoms with Gasteiger partial charge in [0.25, 0.3) is 5.91 Å². The largest absolute Gasteiger partial charge is 0.323 e. The monoisotopic (exact) mass is 448 g/mol. The zero-order chi connectivity index (χ0) is 22.3. The number of pyridine rings is 1. The van der Waals surface area contributed by atoms with Crippen LogP contribution in [-0.4, -0.2) is 46.6 Å². The molecule has 2 aliphatic heterocycles. The highest BCUT2D eigenvalue weighted by Crippen LogP contribution is 2.51. The molecule has 1 aliphatic carbocycles. The van der Waals surface area contributed by atoms with E-state index >= 15 is 0 Å². The van der Waals surface area contributed by atoms with Gasteiger partial charge in [-0.2, -0.15) is 5.10 Å². The van der Waals surface area contributed by atoms with Crippen molar-refractivity contribution in [1.82, 2.24) is 25.5 Å². The summed E-state index contributed by atoms with van der Waals surface area (Å²) in [4.78, 5) is 22.3. The lowest BCUT2D eigenvalue weighted by Gasteiger charge is -2.26. The maximum atomic E-state index is 12.3. The standard InChI is InChI=1S/C22H21N5OS.C2H7N/c28-21(17-9-6-12-23-13-17)25-24-15-27-19(16-7-2-1-3-8-16)14-26-18-10-4-5-11-20(18)29-22(26)27;1-3-2/h1-3,6-9,12-15,22H,4-5,10-11H2,(H,25,28);3H,1-2H3. The smallest absolute Gasteiger partial charge is 0.272 e.